The fraction of sp³-hybridized carbons (Fsp3) is 0.750. The fourth-order valence-corrected chi connectivity index (χ4v) is 3.27. The van der Waals surface area contributed by atoms with Crippen molar-refractivity contribution in [1.82, 2.24) is 9.78 Å². The molecule has 2 rings (SSSR count). The number of aryl methyl sites for hydroxylation is 1. The third kappa shape index (κ3) is 4.83. The van der Waals surface area contributed by atoms with Crippen LogP contribution in [0.5, 0.6) is 0 Å². The molecule has 0 unspecified atom stereocenters. The van der Waals surface area contributed by atoms with Gasteiger partial charge in [-0.2, -0.15) is 5.10 Å². The average Bonchev–Trinajstić information content (AvgIpc) is 2.45. The van der Waals surface area contributed by atoms with E-state index in [1.807, 2.05) is 0 Å². The summed E-state index contributed by atoms with van der Waals surface area (Å²) in [6, 6.07) is 0.467. The molecule has 0 amide bonds. The Morgan fingerprint density at radius 2 is 1.95 bits per heavy atom. The lowest BCUT2D eigenvalue weighted by molar-refractivity contribution is 0.470. The Bertz CT molecular complexity index is 493. The molecule has 1 aromatic heterocycles. The summed E-state index contributed by atoms with van der Waals surface area (Å²) in [6.07, 6.45) is 12.8. The van der Waals surface area contributed by atoms with Gasteiger partial charge in [0.1, 0.15) is 4.47 Å². The SMILES string of the molecule is CCCCn1ncc(NC2CCCCCCC2)c(Br)c1=O. The number of nitrogens with zero attached hydrogens (tertiary/aromatic N) is 2. The predicted octanol–water partition coefficient (Wildman–Crippen LogP) is 4.33. The molecule has 1 saturated carbocycles. The van der Waals surface area contributed by atoms with Gasteiger partial charge in [0.15, 0.2) is 0 Å². The van der Waals surface area contributed by atoms with Crippen molar-refractivity contribution in [3.05, 3.63) is 21.0 Å². The minimum Gasteiger partial charge on any atom is -0.380 e. The summed E-state index contributed by atoms with van der Waals surface area (Å²) < 4.78 is 2.17. The van der Waals surface area contributed by atoms with Gasteiger partial charge in [0.05, 0.1) is 11.9 Å². The van der Waals surface area contributed by atoms with Crippen molar-refractivity contribution < 1.29 is 0 Å². The molecule has 1 N–H and O–H groups in total. The molecular weight excluding hydrogens is 330 g/mol. The Kier molecular flexibility index (Phi) is 6.74. The average molecular weight is 356 g/mol. The van der Waals surface area contributed by atoms with E-state index in [4.69, 9.17) is 0 Å². The molecule has 0 spiro atoms. The van der Waals surface area contributed by atoms with Crippen LogP contribution >= 0.6 is 15.9 Å². The van der Waals surface area contributed by atoms with Gasteiger partial charge in [-0.15, -0.1) is 0 Å². The third-order valence-electron chi connectivity index (χ3n) is 4.17. The molecule has 4 nitrogen and oxygen atoms in total. The molecule has 0 saturated heterocycles. The van der Waals surface area contributed by atoms with Gasteiger partial charge in [-0.1, -0.05) is 45.4 Å². The largest absolute Gasteiger partial charge is 0.380 e. The van der Waals surface area contributed by atoms with E-state index >= 15 is 0 Å². The molecule has 1 heterocycles. The van der Waals surface area contributed by atoms with Crippen molar-refractivity contribution in [3.8, 4) is 0 Å². The molecule has 1 aliphatic carbocycles. The van der Waals surface area contributed by atoms with E-state index in [0.29, 0.717) is 17.1 Å². The van der Waals surface area contributed by atoms with Gasteiger partial charge in [-0.25, -0.2) is 4.68 Å². The zero-order chi connectivity index (χ0) is 15.1. The molecule has 21 heavy (non-hydrogen) atoms. The number of aromatic nitrogens is 2. The van der Waals surface area contributed by atoms with Crippen LogP contribution in [-0.2, 0) is 6.54 Å². The first kappa shape index (κ1) is 16.5. The minimum absolute atomic E-state index is 0.0284. The van der Waals surface area contributed by atoms with Crippen molar-refractivity contribution in [1.29, 1.82) is 0 Å². The number of halogens is 1. The molecule has 5 heteroatoms. The summed E-state index contributed by atoms with van der Waals surface area (Å²) in [7, 11) is 0. The number of unbranched alkanes of at least 4 members (excludes halogenated alkanes) is 1. The highest BCUT2D eigenvalue weighted by Gasteiger charge is 2.15. The molecule has 118 valence electrons. The molecular formula is C16H26BrN3O. The lowest BCUT2D eigenvalue weighted by Gasteiger charge is -2.22. The van der Waals surface area contributed by atoms with Gasteiger partial charge < -0.3 is 5.32 Å². The fourth-order valence-electron chi connectivity index (χ4n) is 2.85. The molecule has 1 fully saturated rings. The van der Waals surface area contributed by atoms with Crippen LogP contribution in [0.2, 0.25) is 0 Å². The van der Waals surface area contributed by atoms with Crippen LogP contribution < -0.4 is 10.9 Å². The predicted molar refractivity (Wildman–Crippen MR) is 90.8 cm³/mol. The van der Waals surface area contributed by atoms with E-state index < -0.39 is 0 Å². The van der Waals surface area contributed by atoms with E-state index in [1.54, 1.807) is 10.9 Å². The highest BCUT2D eigenvalue weighted by molar-refractivity contribution is 9.10. The highest BCUT2D eigenvalue weighted by atomic mass is 79.9. The number of hydrogen-bond donors (Lipinski definition) is 1. The molecule has 0 aliphatic heterocycles. The van der Waals surface area contributed by atoms with E-state index in [2.05, 4.69) is 33.3 Å². The number of rotatable bonds is 5. The molecule has 1 aliphatic rings. The van der Waals surface area contributed by atoms with E-state index in [-0.39, 0.29) is 5.56 Å². The monoisotopic (exact) mass is 355 g/mol. The Hall–Kier alpha value is -0.840. The smallest absolute Gasteiger partial charge is 0.283 e. The van der Waals surface area contributed by atoms with Crippen LogP contribution in [0.15, 0.2) is 15.5 Å². The summed E-state index contributed by atoms with van der Waals surface area (Å²) in [6.45, 7) is 2.81. The summed E-state index contributed by atoms with van der Waals surface area (Å²) >= 11 is 3.45. The van der Waals surface area contributed by atoms with Gasteiger partial charge in [0.2, 0.25) is 0 Å². The first-order valence-electron chi connectivity index (χ1n) is 8.24. The van der Waals surface area contributed by atoms with Crippen molar-refractivity contribution >= 4 is 21.6 Å². The quantitative estimate of drug-likeness (QED) is 0.854. The zero-order valence-electron chi connectivity index (χ0n) is 12.9. The van der Waals surface area contributed by atoms with E-state index in [1.165, 1.54) is 44.9 Å². The van der Waals surface area contributed by atoms with Crippen LogP contribution in [0.3, 0.4) is 0 Å². The minimum atomic E-state index is -0.0284. The highest BCUT2D eigenvalue weighted by Crippen LogP contribution is 2.23. The number of hydrogen-bond acceptors (Lipinski definition) is 3. The van der Waals surface area contributed by atoms with Gasteiger partial charge in [-0.05, 0) is 35.2 Å². The Morgan fingerprint density at radius 3 is 2.62 bits per heavy atom. The second-order valence-electron chi connectivity index (χ2n) is 5.94. The van der Waals surface area contributed by atoms with Crippen LogP contribution in [-0.4, -0.2) is 15.8 Å². The van der Waals surface area contributed by atoms with E-state index in [9.17, 15) is 4.79 Å². The third-order valence-corrected chi connectivity index (χ3v) is 4.94. The Morgan fingerprint density at radius 1 is 1.29 bits per heavy atom. The second kappa shape index (κ2) is 8.57. The second-order valence-corrected chi connectivity index (χ2v) is 6.73. The van der Waals surface area contributed by atoms with Crippen LogP contribution in [0, 0.1) is 0 Å². The van der Waals surface area contributed by atoms with Crippen molar-refractivity contribution in [2.24, 2.45) is 0 Å². The van der Waals surface area contributed by atoms with Gasteiger partial charge in [-0.3, -0.25) is 4.79 Å². The normalized spacial score (nSPS) is 17.2. The maximum absolute atomic E-state index is 12.3. The van der Waals surface area contributed by atoms with E-state index in [0.717, 1.165) is 18.5 Å². The van der Waals surface area contributed by atoms with Crippen molar-refractivity contribution in [2.45, 2.75) is 77.3 Å². The van der Waals surface area contributed by atoms with Crippen LogP contribution in [0.4, 0.5) is 5.69 Å². The summed E-state index contributed by atoms with van der Waals surface area (Å²) in [5, 5.41) is 7.81. The Balaban J connectivity index is 2.05. The molecule has 0 atom stereocenters. The van der Waals surface area contributed by atoms with Gasteiger partial charge in [0, 0.05) is 12.6 Å². The molecule has 0 radical (unpaired) electrons. The van der Waals surface area contributed by atoms with Crippen molar-refractivity contribution in [2.75, 3.05) is 5.32 Å². The van der Waals surface area contributed by atoms with Crippen molar-refractivity contribution in [3.63, 3.8) is 0 Å². The number of nitrogens with one attached hydrogen (secondary N) is 1. The summed E-state index contributed by atoms with van der Waals surface area (Å²) in [5.41, 5.74) is 0.817. The summed E-state index contributed by atoms with van der Waals surface area (Å²) in [5.74, 6) is 0. The van der Waals surface area contributed by atoms with Gasteiger partial charge in [0.25, 0.3) is 5.56 Å². The first-order valence-corrected chi connectivity index (χ1v) is 9.04. The number of anilines is 1. The lowest BCUT2D eigenvalue weighted by Crippen LogP contribution is -2.27. The molecule has 0 aromatic carbocycles. The van der Waals surface area contributed by atoms with Crippen LogP contribution in [0.25, 0.3) is 0 Å². The maximum Gasteiger partial charge on any atom is 0.283 e. The molecule has 1 aromatic rings. The van der Waals surface area contributed by atoms with Gasteiger partial charge >= 0.3 is 0 Å². The first-order chi connectivity index (χ1) is 10.2. The Labute approximate surface area is 135 Å². The van der Waals surface area contributed by atoms with Crippen LogP contribution in [0.1, 0.15) is 64.7 Å². The topological polar surface area (TPSA) is 46.9 Å². The zero-order valence-corrected chi connectivity index (χ0v) is 14.5. The molecule has 0 bridgehead atoms. The lowest BCUT2D eigenvalue weighted by atomic mass is 9.96. The standard InChI is InChI=1S/C16H26BrN3O/c1-2-3-11-20-16(21)15(17)14(12-18-20)19-13-9-7-5-4-6-8-10-13/h12-13,19H,2-11H2,1H3. The summed E-state index contributed by atoms with van der Waals surface area (Å²) in [4.78, 5) is 12.3. The maximum atomic E-state index is 12.3.